The first-order valence-electron chi connectivity index (χ1n) is 8.70. The maximum atomic E-state index is 12.2. The molecule has 3 aromatic rings. The Bertz CT molecular complexity index is 944. The Labute approximate surface area is 158 Å². The smallest absolute Gasteiger partial charge is 0.260 e. The Balaban J connectivity index is 1.48. The largest absolute Gasteiger partial charge is 0.481 e. The summed E-state index contributed by atoms with van der Waals surface area (Å²) in [5, 5.41) is 16.3. The molecule has 6 heteroatoms. The average molecular weight is 360 g/mol. The Kier molecular flexibility index (Phi) is 5.85. The van der Waals surface area contributed by atoms with Crippen molar-refractivity contribution in [3.05, 3.63) is 78.1 Å². The van der Waals surface area contributed by atoms with Crippen LogP contribution in [0.3, 0.4) is 0 Å². The van der Waals surface area contributed by atoms with Gasteiger partial charge in [-0.1, -0.05) is 24.3 Å². The van der Waals surface area contributed by atoms with E-state index in [9.17, 15) is 4.79 Å². The Morgan fingerprint density at radius 2 is 2.04 bits per heavy atom. The highest BCUT2D eigenvalue weighted by Crippen LogP contribution is 2.14. The van der Waals surface area contributed by atoms with Gasteiger partial charge < -0.3 is 10.1 Å². The van der Waals surface area contributed by atoms with E-state index < -0.39 is 6.10 Å². The molecular weight excluding hydrogens is 340 g/mol. The van der Waals surface area contributed by atoms with Crippen molar-refractivity contribution in [3.63, 3.8) is 0 Å². The molecule has 0 bridgehead atoms. The van der Waals surface area contributed by atoms with Crippen molar-refractivity contribution in [1.82, 2.24) is 15.1 Å². The van der Waals surface area contributed by atoms with Crippen molar-refractivity contribution in [3.8, 4) is 17.5 Å². The molecule has 0 fully saturated rings. The van der Waals surface area contributed by atoms with E-state index in [-0.39, 0.29) is 5.91 Å². The topological polar surface area (TPSA) is 79.9 Å². The lowest BCUT2D eigenvalue weighted by Crippen LogP contribution is -2.37. The summed E-state index contributed by atoms with van der Waals surface area (Å²) in [6.07, 6.45) is 1.88. The number of rotatable bonds is 7. The average Bonchev–Trinajstić information content (AvgIpc) is 3.17. The van der Waals surface area contributed by atoms with Crippen molar-refractivity contribution in [1.29, 1.82) is 5.26 Å². The minimum Gasteiger partial charge on any atom is -0.481 e. The van der Waals surface area contributed by atoms with Crippen molar-refractivity contribution in [2.75, 3.05) is 6.54 Å². The van der Waals surface area contributed by atoms with Crippen LogP contribution >= 0.6 is 0 Å². The number of amides is 1. The fraction of sp³-hybridized carbons (Fsp3) is 0.190. The third-order valence-corrected chi connectivity index (χ3v) is 3.99. The van der Waals surface area contributed by atoms with Gasteiger partial charge in [0.1, 0.15) is 5.75 Å². The molecule has 27 heavy (non-hydrogen) atoms. The van der Waals surface area contributed by atoms with E-state index >= 15 is 0 Å². The second-order valence-corrected chi connectivity index (χ2v) is 6.03. The third-order valence-electron chi connectivity index (χ3n) is 3.99. The lowest BCUT2D eigenvalue weighted by molar-refractivity contribution is -0.127. The van der Waals surface area contributed by atoms with E-state index in [1.165, 1.54) is 0 Å². The van der Waals surface area contributed by atoms with E-state index in [0.717, 1.165) is 11.4 Å². The molecule has 1 heterocycles. The normalized spacial score (nSPS) is 11.4. The zero-order valence-electron chi connectivity index (χ0n) is 15.0. The standard InChI is InChI=1S/C21H20N4O2/c1-16(27-20-9-5-6-17(14-20)15-22)21(26)23-12-10-18-11-13-25(24-18)19-7-3-2-4-8-19/h2-9,11,13-14,16H,10,12H2,1H3,(H,23,26). The molecule has 0 aliphatic heterocycles. The highest BCUT2D eigenvalue weighted by Gasteiger charge is 2.14. The molecule has 1 N–H and O–H groups in total. The van der Waals surface area contributed by atoms with Crippen LogP contribution in [0.15, 0.2) is 66.9 Å². The number of carbonyl (C=O) groups excluding carboxylic acids is 1. The molecule has 1 aromatic heterocycles. The van der Waals surface area contributed by atoms with Gasteiger partial charge in [-0.2, -0.15) is 10.4 Å². The van der Waals surface area contributed by atoms with E-state index in [2.05, 4.69) is 10.4 Å². The summed E-state index contributed by atoms with van der Waals surface area (Å²) in [6, 6.07) is 20.6. The summed E-state index contributed by atoms with van der Waals surface area (Å²) in [6.45, 7) is 2.15. The summed E-state index contributed by atoms with van der Waals surface area (Å²) >= 11 is 0. The van der Waals surface area contributed by atoms with Crippen molar-refractivity contribution >= 4 is 5.91 Å². The summed E-state index contributed by atoms with van der Waals surface area (Å²) < 4.78 is 7.41. The van der Waals surface area contributed by atoms with Crippen molar-refractivity contribution < 1.29 is 9.53 Å². The van der Waals surface area contributed by atoms with Gasteiger partial charge in [-0.3, -0.25) is 4.79 Å². The summed E-state index contributed by atoms with van der Waals surface area (Å²) in [5.74, 6) is 0.290. The number of hydrogen-bond donors (Lipinski definition) is 1. The van der Waals surface area contributed by atoms with Gasteiger partial charge in [0.15, 0.2) is 6.10 Å². The lowest BCUT2D eigenvalue weighted by Gasteiger charge is -2.14. The third kappa shape index (κ3) is 4.95. The molecule has 3 rings (SSSR count). The number of nitriles is 1. The zero-order valence-corrected chi connectivity index (χ0v) is 15.0. The lowest BCUT2D eigenvalue weighted by atomic mass is 10.2. The first-order valence-corrected chi connectivity index (χ1v) is 8.70. The van der Waals surface area contributed by atoms with Crippen LogP contribution in [0.2, 0.25) is 0 Å². The Morgan fingerprint density at radius 3 is 2.81 bits per heavy atom. The van der Waals surface area contributed by atoms with Crippen LogP contribution < -0.4 is 10.1 Å². The van der Waals surface area contributed by atoms with Crippen molar-refractivity contribution in [2.45, 2.75) is 19.4 Å². The molecular formula is C21H20N4O2. The highest BCUT2D eigenvalue weighted by molar-refractivity contribution is 5.80. The molecule has 0 saturated heterocycles. The molecule has 0 radical (unpaired) electrons. The van der Waals surface area contributed by atoms with Crippen LogP contribution in [-0.4, -0.2) is 28.3 Å². The number of carbonyl (C=O) groups is 1. The summed E-state index contributed by atoms with van der Waals surface area (Å²) in [4.78, 5) is 12.2. The number of para-hydroxylation sites is 1. The molecule has 0 aliphatic rings. The minimum absolute atomic E-state index is 0.208. The number of aromatic nitrogens is 2. The molecule has 1 unspecified atom stereocenters. The molecule has 0 spiro atoms. The van der Waals surface area contributed by atoms with E-state index in [4.69, 9.17) is 10.00 Å². The van der Waals surface area contributed by atoms with Crippen LogP contribution in [0.25, 0.3) is 5.69 Å². The number of benzene rings is 2. The van der Waals surface area contributed by atoms with Crippen LogP contribution in [0.4, 0.5) is 0 Å². The molecule has 0 saturated carbocycles. The number of nitrogens with zero attached hydrogens (tertiary/aromatic N) is 3. The maximum absolute atomic E-state index is 12.2. The van der Waals surface area contributed by atoms with Gasteiger partial charge in [-0.15, -0.1) is 0 Å². The summed E-state index contributed by atoms with van der Waals surface area (Å²) in [7, 11) is 0. The second kappa shape index (κ2) is 8.68. The van der Waals surface area contributed by atoms with E-state index in [1.807, 2.05) is 53.3 Å². The second-order valence-electron chi connectivity index (χ2n) is 6.03. The predicted molar refractivity (Wildman–Crippen MR) is 102 cm³/mol. The molecule has 6 nitrogen and oxygen atoms in total. The van der Waals surface area contributed by atoms with Gasteiger partial charge in [0, 0.05) is 19.2 Å². The van der Waals surface area contributed by atoms with Gasteiger partial charge in [-0.25, -0.2) is 4.68 Å². The quantitative estimate of drug-likeness (QED) is 0.703. The number of ether oxygens (including phenoxy) is 1. The highest BCUT2D eigenvalue weighted by atomic mass is 16.5. The molecule has 1 amide bonds. The first kappa shape index (κ1) is 18.2. The minimum atomic E-state index is -0.652. The van der Waals surface area contributed by atoms with Crippen molar-refractivity contribution in [2.24, 2.45) is 0 Å². The number of hydrogen-bond acceptors (Lipinski definition) is 4. The monoisotopic (exact) mass is 360 g/mol. The molecule has 136 valence electrons. The predicted octanol–water partition coefficient (Wildman–Crippen LogP) is 2.87. The zero-order chi connectivity index (χ0) is 19.1. The number of nitrogens with one attached hydrogen (secondary N) is 1. The van der Waals surface area contributed by atoms with E-state index in [1.54, 1.807) is 31.2 Å². The fourth-order valence-corrected chi connectivity index (χ4v) is 2.57. The van der Waals surface area contributed by atoms with Gasteiger partial charge in [0.25, 0.3) is 5.91 Å². The summed E-state index contributed by atoms with van der Waals surface area (Å²) in [5.41, 5.74) is 2.39. The Hall–Kier alpha value is -3.59. The Morgan fingerprint density at radius 1 is 1.22 bits per heavy atom. The van der Waals surface area contributed by atoms with Gasteiger partial charge >= 0.3 is 0 Å². The fourth-order valence-electron chi connectivity index (χ4n) is 2.57. The van der Waals surface area contributed by atoms with Crippen LogP contribution in [-0.2, 0) is 11.2 Å². The van der Waals surface area contributed by atoms with E-state index in [0.29, 0.717) is 24.3 Å². The van der Waals surface area contributed by atoms with Crippen LogP contribution in [0, 0.1) is 11.3 Å². The SMILES string of the molecule is CC(Oc1cccc(C#N)c1)C(=O)NCCc1ccn(-c2ccccc2)n1. The van der Waals surface area contributed by atoms with Crippen LogP contribution in [0.5, 0.6) is 5.75 Å². The van der Waals surface area contributed by atoms with Gasteiger partial charge in [-0.05, 0) is 43.3 Å². The molecule has 0 aliphatic carbocycles. The molecule has 1 atom stereocenters. The maximum Gasteiger partial charge on any atom is 0.260 e. The first-order chi connectivity index (χ1) is 13.2. The van der Waals surface area contributed by atoms with Crippen LogP contribution in [0.1, 0.15) is 18.2 Å². The molecule has 2 aromatic carbocycles. The van der Waals surface area contributed by atoms with Gasteiger partial charge in [0.2, 0.25) is 0 Å². The van der Waals surface area contributed by atoms with Gasteiger partial charge in [0.05, 0.1) is 23.0 Å².